The monoisotopic (exact) mass is 252 g/mol. The zero-order chi connectivity index (χ0) is 12.1. The van der Waals surface area contributed by atoms with Crippen LogP contribution >= 0.6 is 11.3 Å². The molecule has 1 saturated carbocycles. The second-order valence-electron chi connectivity index (χ2n) is 4.92. The molecule has 3 heteroatoms. The molecular weight excluding hydrogens is 228 g/mol. The number of hydrogen-bond donors (Lipinski definition) is 1. The zero-order valence-corrected chi connectivity index (χ0v) is 11.9. The van der Waals surface area contributed by atoms with Crippen molar-refractivity contribution in [2.45, 2.75) is 39.8 Å². The summed E-state index contributed by atoms with van der Waals surface area (Å²) in [5, 5.41) is 3.38. The summed E-state index contributed by atoms with van der Waals surface area (Å²) in [4.78, 5) is 5.56. The Morgan fingerprint density at radius 3 is 2.71 bits per heavy atom. The molecule has 2 nitrogen and oxygen atoms in total. The summed E-state index contributed by atoms with van der Waals surface area (Å²) in [5.74, 6) is 0.996. The molecule has 1 aliphatic carbocycles. The first-order valence-electron chi connectivity index (χ1n) is 6.82. The van der Waals surface area contributed by atoms with Crippen molar-refractivity contribution in [3.05, 3.63) is 21.9 Å². The molecular formula is C14H24N2S. The van der Waals surface area contributed by atoms with Crippen LogP contribution in [0.15, 0.2) is 12.1 Å². The van der Waals surface area contributed by atoms with Crippen molar-refractivity contribution in [3.8, 4) is 0 Å². The van der Waals surface area contributed by atoms with Crippen molar-refractivity contribution in [2.75, 3.05) is 19.6 Å². The van der Waals surface area contributed by atoms with Crippen LogP contribution in [0, 0.1) is 5.92 Å². The molecule has 1 aromatic heterocycles. The van der Waals surface area contributed by atoms with E-state index in [0.717, 1.165) is 25.6 Å². The maximum atomic E-state index is 3.38. The smallest absolute Gasteiger partial charge is 0.0328 e. The Kier molecular flexibility index (Phi) is 5.01. The Morgan fingerprint density at radius 1 is 1.29 bits per heavy atom. The average molecular weight is 252 g/mol. The van der Waals surface area contributed by atoms with Gasteiger partial charge < -0.3 is 5.32 Å². The Morgan fingerprint density at radius 2 is 2.06 bits per heavy atom. The van der Waals surface area contributed by atoms with E-state index in [2.05, 4.69) is 36.2 Å². The van der Waals surface area contributed by atoms with Crippen LogP contribution in [0.2, 0.25) is 0 Å². The first kappa shape index (κ1) is 13.1. The van der Waals surface area contributed by atoms with Gasteiger partial charge in [0.05, 0.1) is 0 Å². The second kappa shape index (κ2) is 6.53. The van der Waals surface area contributed by atoms with Crippen molar-refractivity contribution in [2.24, 2.45) is 5.92 Å². The fourth-order valence-corrected chi connectivity index (χ4v) is 3.07. The maximum Gasteiger partial charge on any atom is 0.0328 e. The molecule has 1 heterocycles. The summed E-state index contributed by atoms with van der Waals surface area (Å²) in [6.45, 7) is 10.1. The SMILES string of the molecule is CCNCc1ccc(CN(CC)CC2CC2)s1. The molecule has 2 rings (SSSR count). The normalized spacial score (nSPS) is 15.7. The van der Waals surface area contributed by atoms with E-state index in [4.69, 9.17) is 0 Å². The molecule has 1 fully saturated rings. The number of rotatable bonds is 8. The topological polar surface area (TPSA) is 15.3 Å². The molecule has 0 aliphatic heterocycles. The van der Waals surface area contributed by atoms with Crippen molar-refractivity contribution in [1.29, 1.82) is 0 Å². The number of nitrogens with zero attached hydrogens (tertiary/aromatic N) is 1. The standard InChI is InChI=1S/C14H24N2S/c1-3-15-9-13-7-8-14(17-13)11-16(4-2)10-12-5-6-12/h7-8,12,15H,3-6,9-11H2,1-2H3. The molecule has 1 aliphatic rings. The highest BCUT2D eigenvalue weighted by Gasteiger charge is 2.23. The number of nitrogens with one attached hydrogen (secondary N) is 1. The van der Waals surface area contributed by atoms with E-state index in [9.17, 15) is 0 Å². The van der Waals surface area contributed by atoms with Gasteiger partial charge in [-0.3, -0.25) is 4.90 Å². The first-order chi connectivity index (χ1) is 8.31. The average Bonchev–Trinajstić information content (AvgIpc) is 3.04. The minimum Gasteiger partial charge on any atom is -0.312 e. The van der Waals surface area contributed by atoms with Gasteiger partial charge in [0.15, 0.2) is 0 Å². The van der Waals surface area contributed by atoms with Gasteiger partial charge in [0.1, 0.15) is 0 Å². The van der Waals surface area contributed by atoms with Crippen LogP contribution in [-0.2, 0) is 13.1 Å². The van der Waals surface area contributed by atoms with E-state index < -0.39 is 0 Å². The van der Waals surface area contributed by atoms with Gasteiger partial charge in [-0.2, -0.15) is 0 Å². The van der Waals surface area contributed by atoms with Gasteiger partial charge >= 0.3 is 0 Å². The molecule has 0 spiro atoms. The fraction of sp³-hybridized carbons (Fsp3) is 0.714. The lowest BCUT2D eigenvalue weighted by Crippen LogP contribution is -2.24. The quantitative estimate of drug-likeness (QED) is 0.765. The number of hydrogen-bond acceptors (Lipinski definition) is 3. The predicted octanol–water partition coefficient (Wildman–Crippen LogP) is 3.09. The van der Waals surface area contributed by atoms with Crippen molar-refractivity contribution in [1.82, 2.24) is 10.2 Å². The Labute approximate surface area is 109 Å². The summed E-state index contributed by atoms with van der Waals surface area (Å²) >= 11 is 1.96. The lowest BCUT2D eigenvalue weighted by atomic mass is 10.3. The maximum absolute atomic E-state index is 3.38. The summed E-state index contributed by atoms with van der Waals surface area (Å²) in [5.41, 5.74) is 0. The third-order valence-electron chi connectivity index (χ3n) is 3.31. The molecule has 17 heavy (non-hydrogen) atoms. The van der Waals surface area contributed by atoms with E-state index in [1.54, 1.807) is 0 Å². The van der Waals surface area contributed by atoms with Crippen LogP contribution in [0.3, 0.4) is 0 Å². The number of thiophene rings is 1. The Bertz CT molecular complexity index is 331. The van der Waals surface area contributed by atoms with E-state index in [1.807, 2.05) is 11.3 Å². The lowest BCUT2D eigenvalue weighted by Gasteiger charge is -2.18. The fourth-order valence-electron chi connectivity index (χ4n) is 2.04. The molecule has 0 bridgehead atoms. The largest absolute Gasteiger partial charge is 0.312 e. The minimum absolute atomic E-state index is 0.996. The van der Waals surface area contributed by atoms with Crippen LogP contribution in [0.25, 0.3) is 0 Å². The molecule has 0 amide bonds. The van der Waals surface area contributed by atoms with Crippen molar-refractivity contribution < 1.29 is 0 Å². The van der Waals surface area contributed by atoms with Crippen LogP contribution in [0.1, 0.15) is 36.4 Å². The van der Waals surface area contributed by atoms with Gasteiger partial charge in [0, 0.05) is 29.4 Å². The molecule has 0 atom stereocenters. The zero-order valence-electron chi connectivity index (χ0n) is 11.0. The Hall–Kier alpha value is -0.380. The van der Waals surface area contributed by atoms with E-state index >= 15 is 0 Å². The first-order valence-corrected chi connectivity index (χ1v) is 7.64. The summed E-state index contributed by atoms with van der Waals surface area (Å²) in [6, 6.07) is 4.57. The second-order valence-corrected chi connectivity index (χ2v) is 6.17. The van der Waals surface area contributed by atoms with E-state index in [1.165, 1.54) is 35.7 Å². The summed E-state index contributed by atoms with van der Waals surface area (Å²) < 4.78 is 0. The highest BCUT2D eigenvalue weighted by atomic mass is 32.1. The van der Waals surface area contributed by atoms with Crippen molar-refractivity contribution in [3.63, 3.8) is 0 Å². The van der Waals surface area contributed by atoms with Crippen LogP contribution in [0.4, 0.5) is 0 Å². The van der Waals surface area contributed by atoms with E-state index in [-0.39, 0.29) is 0 Å². The van der Waals surface area contributed by atoms with Gasteiger partial charge in [0.2, 0.25) is 0 Å². The van der Waals surface area contributed by atoms with Gasteiger partial charge in [-0.15, -0.1) is 11.3 Å². The molecule has 0 unspecified atom stereocenters. The van der Waals surface area contributed by atoms with Gasteiger partial charge in [-0.05, 0) is 44.0 Å². The third-order valence-corrected chi connectivity index (χ3v) is 4.38. The summed E-state index contributed by atoms with van der Waals surface area (Å²) in [6.07, 6.45) is 2.90. The van der Waals surface area contributed by atoms with Crippen LogP contribution in [-0.4, -0.2) is 24.5 Å². The molecule has 1 aromatic rings. The van der Waals surface area contributed by atoms with Crippen LogP contribution in [0.5, 0.6) is 0 Å². The molecule has 0 saturated heterocycles. The molecule has 0 aromatic carbocycles. The highest BCUT2D eigenvalue weighted by molar-refractivity contribution is 7.11. The molecule has 96 valence electrons. The van der Waals surface area contributed by atoms with Crippen LogP contribution < -0.4 is 5.32 Å². The minimum atomic E-state index is 0.996. The lowest BCUT2D eigenvalue weighted by molar-refractivity contribution is 0.271. The highest BCUT2D eigenvalue weighted by Crippen LogP contribution is 2.30. The molecule has 0 radical (unpaired) electrons. The van der Waals surface area contributed by atoms with Crippen molar-refractivity contribution >= 4 is 11.3 Å². The Balaban J connectivity index is 1.81. The van der Waals surface area contributed by atoms with Gasteiger partial charge in [-0.1, -0.05) is 13.8 Å². The predicted molar refractivity (Wildman–Crippen MR) is 75.4 cm³/mol. The van der Waals surface area contributed by atoms with E-state index in [0.29, 0.717) is 0 Å². The summed E-state index contributed by atoms with van der Waals surface area (Å²) in [7, 11) is 0. The van der Waals surface area contributed by atoms with Gasteiger partial charge in [0.25, 0.3) is 0 Å². The third kappa shape index (κ3) is 4.41. The van der Waals surface area contributed by atoms with Gasteiger partial charge in [-0.25, -0.2) is 0 Å². The molecule has 1 N–H and O–H groups in total.